The summed E-state index contributed by atoms with van der Waals surface area (Å²) in [5, 5.41) is 3.34. The van der Waals surface area contributed by atoms with Crippen LogP contribution in [0.15, 0.2) is 0 Å². The molecule has 0 saturated heterocycles. The Labute approximate surface area is 86.2 Å². The lowest BCUT2D eigenvalue weighted by Crippen LogP contribution is -2.30. The van der Waals surface area contributed by atoms with Crippen LogP contribution in [0.25, 0.3) is 0 Å². The first-order valence-electron chi connectivity index (χ1n) is 5.14. The lowest BCUT2D eigenvalue weighted by atomic mass is 10.2. The Morgan fingerprint density at radius 1 is 1.43 bits per heavy atom. The highest BCUT2D eigenvalue weighted by atomic mass is 32.2. The monoisotopic (exact) mass is 220 g/mol. The Hall–Kier alpha value is -0.130. The van der Waals surface area contributed by atoms with Crippen LogP contribution in [-0.2, 0) is 9.84 Å². The van der Waals surface area contributed by atoms with Gasteiger partial charge in [-0.25, -0.2) is 8.42 Å². The van der Waals surface area contributed by atoms with E-state index in [1.165, 1.54) is 6.26 Å². The van der Waals surface area contributed by atoms with Crippen molar-refractivity contribution in [2.24, 2.45) is 5.73 Å². The molecule has 1 aliphatic carbocycles. The van der Waals surface area contributed by atoms with Crippen molar-refractivity contribution >= 4 is 9.84 Å². The van der Waals surface area contributed by atoms with Crippen LogP contribution in [-0.4, -0.2) is 39.1 Å². The van der Waals surface area contributed by atoms with Gasteiger partial charge in [-0.1, -0.05) is 0 Å². The highest BCUT2D eigenvalue weighted by Gasteiger charge is 2.20. The van der Waals surface area contributed by atoms with E-state index in [1.54, 1.807) is 0 Å². The van der Waals surface area contributed by atoms with Crippen LogP contribution in [0.1, 0.15) is 25.7 Å². The lowest BCUT2D eigenvalue weighted by molar-refractivity contribution is 0.514. The molecule has 0 spiro atoms. The van der Waals surface area contributed by atoms with Crippen LogP contribution in [0.3, 0.4) is 0 Å². The summed E-state index contributed by atoms with van der Waals surface area (Å²) in [6, 6.07) is 0.840. The molecule has 1 saturated carbocycles. The molecule has 1 aliphatic rings. The maximum atomic E-state index is 10.8. The van der Waals surface area contributed by atoms with Gasteiger partial charge in [-0.2, -0.15) is 0 Å². The molecule has 0 aromatic heterocycles. The van der Waals surface area contributed by atoms with Crippen molar-refractivity contribution in [2.45, 2.75) is 37.8 Å². The third-order valence-electron chi connectivity index (χ3n) is 2.60. The fraction of sp³-hybridized carbons (Fsp3) is 1.00. The van der Waals surface area contributed by atoms with E-state index in [0.29, 0.717) is 18.5 Å². The Balaban J connectivity index is 2.05. The van der Waals surface area contributed by atoms with Crippen LogP contribution in [0.4, 0.5) is 0 Å². The molecule has 84 valence electrons. The molecule has 0 amide bonds. The van der Waals surface area contributed by atoms with E-state index in [2.05, 4.69) is 5.32 Å². The van der Waals surface area contributed by atoms with Gasteiger partial charge in [-0.05, 0) is 32.2 Å². The van der Waals surface area contributed by atoms with E-state index in [1.807, 2.05) is 0 Å². The summed E-state index contributed by atoms with van der Waals surface area (Å²) in [5.74, 6) is 0.277. The van der Waals surface area contributed by atoms with Crippen molar-refractivity contribution in [3.8, 4) is 0 Å². The summed E-state index contributed by atoms with van der Waals surface area (Å²) in [7, 11) is -2.80. The largest absolute Gasteiger partial charge is 0.328 e. The predicted octanol–water partition coefficient (Wildman–Crippen LogP) is -0.109. The van der Waals surface area contributed by atoms with Crippen LogP contribution < -0.4 is 11.1 Å². The van der Waals surface area contributed by atoms with Gasteiger partial charge in [0.25, 0.3) is 0 Å². The number of rotatable bonds is 5. The smallest absolute Gasteiger partial charge is 0.147 e. The van der Waals surface area contributed by atoms with Gasteiger partial charge in [0.2, 0.25) is 0 Å². The molecule has 0 aromatic carbocycles. The average molecular weight is 220 g/mol. The molecule has 2 unspecified atom stereocenters. The first-order valence-corrected chi connectivity index (χ1v) is 7.20. The normalized spacial score (nSPS) is 28.1. The van der Waals surface area contributed by atoms with Gasteiger partial charge in [-0.3, -0.25) is 0 Å². The van der Waals surface area contributed by atoms with E-state index in [0.717, 1.165) is 25.8 Å². The second kappa shape index (κ2) is 5.09. The minimum atomic E-state index is -2.80. The molecule has 0 aliphatic heterocycles. The number of sulfone groups is 1. The predicted molar refractivity (Wildman–Crippen MR) is 57.9 cm³/mol. The molecule has 5 heteroatoms. The van der Waals surface area contributed by atoms with E-state index >= 15 is 0 Å². The molecule has 3 N–H and O–H groups in total. The molecular weight excluding hydrogens is 200 g/mol. The summed E-state index contributed by atoms with van der Waals surface area (Å²) in [6.45, 7) is 0.782. The second-order valence-corrected chi connectivity index (χ2v) is 6.47. The van der Waals surface area contributed by atoms with Crippen LogP contribution in [0, 0.1) is 0 Å². The van der Waals surface area contributed by atoms with Crippen molar-refractivity contribution in [1.29, 1.82) is 0 Å². The number of nitrogens with one attached hydrogen (secondary N) is 1. The SMILES string of the molecule is CS(=O)(=O)CCCNC1CCC(N)C1. The van der Waals surface area contributed by atoms with Crippen molar-refractivity contribution in [1.82, 2.24) is 5.32 Å². The molecule has 0 bridgehead atoms. The Kier molecular flexibility index (Phi) is 4.34. The van der Waals surface area contributed by atoms with Crippen molar-refractivity contribution in [3.05, 3.63) is 0 Å². The third-order valence-corrected chi connectivity index (χ3v) is 3.63. The topological polar surface area (TPSA) is 72.2 Å². The van der Waals surface area contributed by atoms with Gasteiger partial charge < -0.3 is 11.1 Å². The molecule has 1 fully saturated rings. The van der Waals surface area contributed by atoms with E-state index in [9.17, 15) is 8.42 Å². The van der Waals surface area contributed by atoms with E-state index in [-0.39, 0.29) is 5.75 Å². The zero-order valence-corrected chi connectivity index (χ0v) is 9.52. The summed E-state index contributed by atoms with van der Waals surface area (Å²) >= 11 is 0. The number of hydrogen-bond acceptors (Lipinski definition) is 4. The molecule has 0 heterocycles. The molecule has 14 heavy (non-hydrogen) atoms. The fourth-order valence-electron chi connectivity index (χ4n) is 1.84. The first kappa shape index (κ1) is 11.9. The summed E-state index contributed by atoms with van der Waals surface area (Å²) in [6.07, 6.45) is 5.21. The van der Waals surface area contributed by atoms with Crippen molar-refractivity contribution < 1.29 is 8.42 Å². The molecule has 0 radical (unpaired) electrons. The first-order chi connectivity index (χ1) is 6.47. The second-order valence-electron chi connectivity index (χ2n) is 4.21. The highest BCUT2D eigenvalue weighted by Crippen LogP contribution is 2.16. The summed E-state index contributed by atoms with van der Waals surface area (Å²) in [4.78, 5) is 0. The summed E-state index contributed by atoms with van der Waals surface area (Å²) in [5.41, 5.74) is 5.76. The minimum absolute atomic E-state index is 0.277. The van der Waals surface area contributed by atoms with Gasteiger partial charge >= 0.3 is 0 Å². The Morgan fingerprint density at radius 2 is 2.14 bits per heavy atom. The average Bonchev–Trinajstić information content (AvgIpc) is 2.44. The molecule has 4 nitrogen and oxygen atoms in total. The maximum Gasteiger partial charge on any atom is 0.147 e. The Bertz CT molecular complexity index is 264. The molecule has 2 atom stereocenters. The zero-order chi connectivity index (χ0) is 10.6. The highest BCUT2D eigenvalue weighted by molar-refractivity contribution is 7.90. The van der Waals surface area contributed by atoms with Gasteiger partial charge in [0, 0.05) is 18.3 Å². The van der Waals surface area contributed by atoms with E-state index in [4.69, 9.17) is 5.73 Å². The molecule has 0 aromatic rings. The Morgan fingerprint density at radius 3 is 2.64 bits per heavy atom. The zero-order valence-electron chi connectivity index (χ0n) is 8.70. The molecule has 1 rings (SSSR count). The van der Waals surface area contributed by atoms with Crippen LogP contribution >= 0.6 is 0 Å². The van der Waals surface area contributed by atoms with Gasteiger partial charge in [0.05, 0.1) is 5.75 Å². The summed E-state index contributed by atoms with van der Waals surface area (Å²) < 4.78 is 21.7. The van der Waals surface area contributed by atoms with Crippen LogP contribution in [0.2, 0.25) is 0 Å². The molecular formula is C9H20N2O2S. The van der Waals surface area contributed by atoms with Crippen molar-refractivity contribution in [2.75, 3.05) is 18.6 Å². The van der Waals surface area contributed by atoms with Gasteiger partial charge in [0.1, 0.15) is 9.84 Å². The van der Waals surface area contributed by atoms with Crippen molar-refractivity contribution in [3.63, 3.8) is 0 Å². The quantitative estimate of drug-likeness (QED) is 0.634. The van der Waals surface area contributed by atoms with Gasteiger partial charge in [0.15, 0.2) is 0 Å². The van der Waals surface area contributed by atoms with E-state index < -0.39 is 9.84 Å². The van der Waals surface area contributed by atoms with Gasteiger partial charge in [-0.15, -0.1) is 0 Å². The maximum absolute atomic E-state index is 10.8. The number of nitrogens with two attached hydrogens (primary N) is 1. The third kappa shape index (κ3) is 4.93. The number of hydrogen-bond donors (Lipinski definition) is 2. The minimum Gasteiger partial charge on any atom is -0.328 e. The fourth-order valence-corrected chi connectivity index (χ4v) is 2.51. The lowest BCUT2D eigenvalue weighted by Gasteiger charge is -2.11. The van der Waals surface area contributed by atoms with Crippen LogP contribution in [0.5, 0.6) is 0 Å². The standard InChI is InChI=1S/C9H20N2O2S/c1-14(12,13)6-2-5-11-9-4-3-8(10)7-9/h8-9,11H,2-7,10H2,1H3.